The van der Waals surface area contributed by atoms with Crippen molar-refractivity contribution in [2.75, 3.05) is 25.1 Å². The third kappa shape index (κ3) is 5.59. The molecule has 0 bridgehead atoms. The summed E-state index contributed by atoms with van der Waals surface area (Å²) in [5.74, 6) is 1.29. The van der Waals surface area contributed by atoms with Crippen LogP contribution < -0.4 is 10.0 Å². The highest BCUT2D eigenvalue weighted by molar-refractivity contribution is 8.00. The van der Waals surface area contributed by atoms with Gasteiger partial charge in [-0.3, -0.25) is 0 Å². The smallest absolute Gasteiger partial charge is 0.211 e. The summed E-state index contributed by atoms with van der Waals surface area (Å²) >= 11 is 1.88. The highest BCUT2D eigenvalue weighted by Gasteiger charge is 2.30. The van der Waals surface area contributed by atoms with E-state index < -0.39 is 10.0 Å². The van der Waals surface area contributed by atoms with Gasteiger partial charge < -0.3 is 5.32 Å². The third-order valence-corrected chi connectivity index (χ3v) is 5.82. The van der Waals surface area contributed by atoms with Crippen LogP contribution in [-0.4, -0.2) is 44.8 Å². The zero-order valence-electron chi connectivity index (χ0n) is 10.7. The fraction of sp³-hybridized carbons (Fsp3) is 1.00. The highest BCUT2D eigenvalue weighted by atomic mass is 32.2. The summed E-state index contributed by atoms with van der Waals surface area (Å²) < 4.78 is 26.6. The van der Waals surface area contributed by atoms with Gasteiger partial charge >= 0.3 is 0 Å². The van der Waals surface area contributed by atoms with Gasteiger partial charge in [0, 0.05) is 11.3 Å². The second-order valence-electron chi connectivity index (χ2n) is 4.43. The first kappa shape index (κ1) is 15.3. The molecule has 0 aromatic rings. The average Bonchev–Trinajstić information content (AvgIpc) is 2.66. The lowest BCUT2D eigenvalue weighted by Crippen LogP contribution is -2.40. The standard InChI is InChI=1S/C11H24N2O2S2/c1-3-16-11-7-4-6-10(11)13-17(14,15)9-5-8-12-2/h10-13H,3-9H2,1-2H3. The molecule has 0 aromatic heterocycles. The Labute approximate surface area is 109 Å². The lowest BCUT2D eigenvalue weighted by atomic mass is 10.3. The summed E-state index contributed by atoms with van der Waals surface area (Å²) in [4.78, 5) is 0. The van der Waals surface area contributed by atoms with Gasteiger partial charge in [-0.2, -0.15) is 11.8 Å². The van der Waals surface area contributed by atoms with Crippen LogP contribution in [-0.2, 0) is 10.0 Å². The van der Waals surface area contributed by atoms with E-state index in [9.17, 15) is 8.42 Å². The van der Waals surface area contributed by atoms with Gasteiger partial charge in [0.2, 0.25) is 10.0 Å². The monoisotopic (exact) mass is 280 g/mol. The van der Waals surface area contributed by atoms with Crippen LogP contribution in [0.15, 0.2) is 0 Å². The molecule has 1 aliphatic rings. The van der Waals surface area contributed by atoms with Gasteiger partial charge in [-0.25, -0.2) is 13.1 Å². The SMILES string of the molecule is CCSC1CCCC1NS(=O)(=O)CCCNC. The zero-order valence-corrected chi connectivity index (χ0v) is 12.4. The summed E-state index contributed by atoms with van der Waals surface area (Å²) in [5, 5.41) is 3.44. The first-order chi connectivity index (χ1) is 8.09. The van der Waals surface area contributed by atoms with Gasteiger partial charge in [-0.15, -0.1) is 0 Å². The van der Waals surface area contributed by atoms with Gasteiger partial charge in [0.15, 0.2) is 0 Å². The second kappa shape index (κ2) is 7.61. The van der Waals surface area contributed by atoms with E-state index in [1.54, 1.807) is 0 Å². The van der Waals surface area contributed by atoms with Crippen molar-refractivity contribution in [2.45, 2.75) is 43.9 Å². The van der Waals surface area contributed by atoms with Gasteiger partial charge in [0.25, 0.3) is 0 Å². The molecular weight excluding hydrogens is 256 g/mol. The van der Waals surface area contributed by atoms with Crippen LogP contribution in [0.25, 0.3) is 0 Å². The van der Waals surface area contributed by atoms with Gasteiger partial charge in [0.05, 0.1) is 5.75 Å². The summed E-state index contributed by atoms with van der Waals surface area (Å²) in [5.41, 5.74) is 0. The lowest BCUT2D eigenvalue weighted by molar-refractivity contribution is 0.552. The molecule has 0 heterocycles. The second-order valence-corrected chi connectivity index (χ2v) is 7.81. The molecule has 17 heavy (non-hydrogen) atoms. The molecule has 4 nitrogen and oxygen atoms in total. The van der Waals surface area contributed by atoms with E-state index in [0.717, 1.165) is 31.6 Å². The molecule has 0 amide bonds. The van der Waals surface area contributed by atoms with Crippen molar-refractivity contribution in [2.24, 2.45) is 0 Å². The number of hydrogen-bond donors (Lipinski definition) is 2. The van der Waals surface area contributed by atoms with E-state index in [-0.39, 0.29) is 11.8 Å². The topological polar surface area (TPSA) is 58.2 Å². The summed E-state index contributed by atoms with van der Waals surface area (Å²) in [6.07, 6.45) is 3.94. The van der Waals surface area contributed by atoms with Gasteiger partial charge in [-0.1, -0.05) is 13.3 Å². The van der Waals surface area contributed by atoms with E-state index in [1.165, 1.54) is 0 Å². The number of hydrogen-bond acceptors (Lipinski definition) is 4. The van der Waals surface area contributed by atoms with Gasteiger partial charge in [-0.05, 0) is 38.6 Å². The Morgan fingerprint density at radius 2 is 2.12 bits per heavy atom. The van der Waals surface area contributed by atoms with Crippen LogP contribution in [0.2, 0.25) is 0 Å². The van der Waals surface area contributed by atoms with Crippen LogP contribution in [0.3, 0.4) is 0 Å². The number of thioether (sulfide) groups is 1. The third-order valence-electron chi connectivity index (χ3n) is 3.00. The fourth-order valence-electron chi connectivity index (χ4n) is 2.20. The van der Waals surface area contributed by atoms with E-state index in [1.807, 2.05) is 18.8 Å². The fourth-order valence-corrected chi connectivity index (χ4v) is 4.87. The molecule has 0 aromatic carbocycles. The van der Waals surface area contributed by atoms with Crippen LogP contribution in [0.4, 0.5) is 0 Å². The Balaban J connectivity index is 2.40. The zero-order chi connectivity index (χ0) is 12.7. The first-order valence-corrected chi connectivity index (χ1v) is 9.05. The van der Waals surface area contributed by atoms with E-state index >= 15 is 0 Å². The molecule has 2 atom stereocenters. The molecule has 0 radical (unpaired) electrons. The number of nitrogens with one attached hydrogen (secondary N) is 2. The minimum absolute atomic E-state index is 0.152. The van der Waals surface area contributed by atoms with Crippen LogP contribution in [0.1, 0.15) is 32.6 Å². The molecule has 2 N–H and O–H groups in total. The largest absolute Gasteiger partial charge is 0.320 e. The van der Waals surface area contributed by atoms with Crippen molar-refractivity contribution in [3.63, 3.8) is 0 Å². The predicted molar refractivity (Wildman–Crippen MR) is 75.0 cm³/mol. The van der Waals surface area contributed by atoms with E-state index in [4.69, 9.17) is 0 Å². The van der Waals surface area contributed by atoms with Crippen molar-refractivity contribution in [3.8, 4) is 0 Å². The molecule has 1 fully saturated rings. The number of rotatable bonds is 8. The van der Waals surface area contributed by atoms with Crippen LogP contribution in [0.5, 0.6) is 0 Å². The lowest BCUT2D eigenvalue weighted by Gasteiger charge is -2.20. The predicted octanol–water partition coefficient (Wildman–Crippen LogP) is 1.19. The molecule has 0 saturated heterocycles. The minimum atomic E-state index is -3.09. The molecule has 1 saturated carbocycles. The van der Waals surface area contributed by atoms with Crippen molar-refractivity contribution in [1.82, 2.24) is 10.0 Å². The van der Waals surface area contributed by atoms with Crippen molar-refractivity contribution in [1.29, 1.82) is 0 Å². The Bertz CT molecular complexity index is 307. The molecule has 2 unspecified atom stereocenters. The Hall–Kier alpha value is 0.220. The van der Waals surface area contributed by atoms with Crippen LogP contribution >= 0.6 is 11.8 Å². The first-order valence-electron chi connectivity index (χ1n) is 6.35. The Kier molecular flexibility index (Phi) is 6.84. The maximum atomic E-state index is 11.9. The molecule has 0 aliphatic heterocycles. The summed E-state index contributed by atoms with van der Waals surface area (Å²) in [7, 11) is -1.25. The van der Waals surface area contributed by atoms with E-state index in [2.05, 4.69) is 17.0 Å². The molecular formula is C11H24N2O2S2. The van der Waals surface area contributed by atoms with Crippen molar-refractivity contribution in [3.05, 3.63) is 0 Å². The minimum Gasteiger partial charge on any atom is -0.320 e. The molecule has 6 heteroatoms. The highest BCUT2D eigenvalue weighted by Crippen LogP contribution is 2.30. The quantitative estimate of drug-likeness (QED) is 0.656. The van der Waals surface area contributed by atoms with Crippen molar-refractivity contribution >= 4 is 21.8 Å². The Morgan fingerprint density at radius 3 is 2.76 bits per heavy atom. The average molecular weight is 280 g/mol. The summed E-state index contributed by atoms with van der Waals surface area (Å²) in [6, 6.07) is 0.152. The Morgan fingerprint density at radius 1 is 1.35 bits per heavy atom. The van der Waals surface area contributed by atoms with Gasteiger partial charge in [0.1, 0.15) is 0 Å². The van der Waals surface area contributed by atoms with Crippen molar-refractivity contribution < 1.29 is 8.42 Å². The van der Waals surface area contributed by atoms with E-state index in [0.29, 0.717) is 11.7 Å². The molecule has 1 aliphatic carbocycles. The summed E-state index contributed by atoms with van der Waals surface area (Å²) in [6.45, 7) is 2.88. The van der Waals surface area contributed by atoms with Crippen LogP contribution in [0, 0.1) is 0 Å². The molecule has 102 valence electrons. The normalized spacial score (nSPS) is 25.3. The molecule has 0 spiro atoms. The number of sulfonamides is 1. The molecule has 1 rings (SSSR count). The maximum Gasteiger partial charge on any atom is 0.211 e. The maximum absolute atomic E-state index is 11.9.